The fourth-order valence-electron chi connectivity index (χ4n) is 3.24. The lowest BCUT2D eigenvalue weighted by Crippen LogP contribution is -2.44. The maximum absolute atomic E-state index is 13.8. The first-order chi connectivity index (χ1) is 15.7. The highest BCUT2D eigenvalue weighted by Gasteiger charge is 2.56. The standard InChI is InChI=1S/C21H15BrCl2F4N2O4/c1-9-4-10(2-3-12(9)19(32)29-17-7-16(22)30-34-17)15(31)8-20(33,21(26,27)28)11-5-13(23)18(25)14(24)6-11/h2-6,17,33H,7-8H2,1H3,(H,29,32). The molecular weight excluding hydrogens is 571 g/mol. The molecule has 2 aromatic carbocycles. The SMILES string of the molecule is Cc1cc(C(=O)CC(O)(c2cc(Cl)c(F)c(Cl)c2)C(F)(F)F)ccc1C(=O)NC1CC(Br)=NO1. The quantitative estimate of drug-likeness (QED) is 0.261. The molecule has 1 aliphatic rings. The van der Waals surface area contributed by atoms with E-state index in [1.165, 1.54) is 19.1 Å². The van der Waals surface area contributed by atoms with Gasteiger partial charge in [-0.2, -0.15) is 13.2 Å². The lowest BCUT2D eigenvalue weighted by atomic mass is 9.85. The predicted octanol–water partition coefficient (Wildman–Crippen LogP) is 5.65. The molecule has 2 unspecified atom stereocenters. The summed E-state index contributed by atoms with van der Waals surface area (Å²) in [6, 6.07) is 4.78. The number of hydrogen-bond acceptors (Lipinski definition) is 5. The number of hydrogen-bond donors (Lipinski definition) is 2. The van der Waals surface area contributed by atoms with E-state index in [0.717, 1.165) is 6.07 Å². The van der Waals surface area contributed by atoms with Gasteiger partial charge in [0, 0.05) is 11.1 Å². The van der Waals surface area contributed by atoms with Gasteiger partial charge in [0.2, 0.25) is 6.23 Å². The van der Waals surface area contributed by atoms with Gasteiger partial charge in [-0.3, -0.25) is 9.59 Å². The third-order valence-corrected chi connectivity index (χ3v) is 6.08. The van der Waals surface area contributed by atoms with Gasteiger partial charge >= 0.3 is 6.18 Å². The number of halogens is 7. The Bertz CT molecular complexity index is 1170. The number of rotatable bonds is 6. The molecule has 0 saturated heterocycles. The summed E-state index contributed by atoms with van der Waals surface area (Å²) in [5, 5.41) is 15.2. The summed E-state index contributed by atoms with van der Waals surface area (Å²) >= 11 is 14.3. The number of oxime groups is 1. The summed E-state index contributed by atoms with van der Waals surface area (Å²) in [6.45, 7) is 1.49. The molecule has 2 N–H and O–H groups in total. The molecule has 2 atom stereocenters. The molecule has 2 aromatic rings. The van der Waals surface area contributed by atoms with Gasteiger partial charge < -0.3 is 15.3 Å². The third kappa shape index (κ3) is 5.37. The highest BCUT2D eigenvalue weighted by Crippen LogP contribution is 2.44. The van der Waals surface area contributed by atoms with Crippen molar-refractivity contribution in [3.8, 4) is 0 Å². The molecule has 182 valence electrons. The van der Waals surface area contributed by atoms with Crippen LogP contribution in [-0.2, 0) is 10.4 Å². The van der Waals surface area contributed by atoms with Crippen LogP contribution in [0, 0.1) is 12.7 Å². The van der Waals surface area contributed by atoms with Gasteiger partial charge in [0.15, 0.2) is 17.2 Å². The number of Topliss-reactive ketones (excluding diaryl/α,β-unsaturated/α-hetero) is 1. The van der Waals surface area contributed by atoms with Crippen molar-refractivity contribution in [3.63, 3.8) is 0 Å². The van der Waals surface area contributed by atoms with Gasteiger partial charge in [0.25, 0.3) is 5.91 Å². The van der Waals surface area contributed by atoms with Crippen LogP contribution in [0.5, 0.6) is 0 Å². The zero-order valence-corrected chi connectivity index (χ0v) is 20.2. The Hall–Kier alpha value is -2.21. The minimum Gasteiger partial charge on any atom is -0.376 e. The van der Waals surface area contributed by atoms with Crippen LogP contribution in [0.15, 0.2) is 35.5 Å². The molecule has 0 spiro atoms. The molecule has 0 aliphatic carbocycles. The lowest BCUT2D eigenvalue weighted by molar-refractivity contribution is -0.264. The van der Waals surface area contributed by atoms with Crippen LogP contribution in [0.25, 0.3) is 0 Å². The number of carbonyl (C=O) groups excluding carboxylic acids is 2. The second-order valence-electron chi connectivity index (χ2n) is 7.48. The van der Waals surface area contributed by atoms with Crippen molar-refractivity contribution in [3.05, 3.63) is 68.4 Å². The molecule has 0 bridgehead atoms. The van der Waals surface area contributed by atoms with E-state index in [1.807, 2.05) is 0 Å². The highest BCUT2D eigenvalue weighted by atomic mass is 79.9. The summed E-state index contributed by atoms with van der Waals surface area (Å²) < 4.78 is 55.7. The van der Waals surface area contributed by atoms with Crippen molar-refractivity contribution in [2.24, 2.45) is 5.16 Å². The first-order valence-corrected chi connectivity index (χ1v) is 11.0. The molecule has 1 heterocycles. The molecule has 1 aliphatic heterocycles. The Morgan fingerprint density at radius 1 is 1.24 bits per heavy atom. The minimum atomic E-state index is -5.32. The number of aliphatic hydroxyl groups is 1. The Labute approximate surface area is 209 Å². The Morgan fingerprint density at radius 3 is 2.35 bits per heavy atom. The normalized spacial score (nSPS) is 17.6. The van der Waals surface area contributed by atoms with Crippen molar-refractivity contribution in [2.75, 3.05) is 0 Å². The number of carbonyl (C=O) groups is 2. The summed E-state index contributed by atoms with van der Waals surface area (Å²) in [5.74, 6) is -2.78. The molecule has 0 saturated carbocycles. The fourth-order valence-corrected chi connectivity index (χ4v) is 4.10. The van der Waals surface area contributed by atoms with E-state index in [2.05, 4.69) is 26.4 Å². The summed E-state index contributed by atoms with van der Waals surface area (Å²) in [6.07, 6.45) is -7.13. The van der Waals surface area contributed by atoms with Crippen molar-refractivity contribution in [2.45, 2.75) is 37.8 Å². The summed E-state index contributed by atoms with van der Waals surface area (Å²) in [5.41, 5.74) is -4.31. The van der Waals surface area contributed by atoms with E-state index in [1.54, 1.807) is 0 Å². The van der Waals surface area contributed by atoms with E-state index in [4.69, 9.17) is 28.0 Å². The third-order valence-electron chi connectivity index (χ3n) is 5.06. The zero-order valence-electron chi connectivity index (χ0n) is 17.1. The number of aryl methyl sites for hydroxylation is 1. The Kier molecular flexibility index (Phi) is 7.61. The second kappa shape index (κ2) is 9.80. The van der Waals surface area contributed by atoms with Gasteiger partial charge in [0.1, 0.15) is 4.62 Å². The number of benzene rings is 2. The van der Waals surface area contributed by atoms with Crippen LogP contribution in [0.3, 0.4) is 0 Å². The van der Waals surface area contributed by atoms with Crippen molar-refractivity contribution < 1.29 is 37.1 Å². The van der Waals surface area contributed by atoms with Crippen LogP contribution in [0.1, 0.15) is 44.7 Å². The second-order valence-corrected chi connectivity index (χ2v) is 9.21. The van der Waals surface area contributed by atoms with Crippen LogP contribution in [0.4, 0.5) is 17.6 Å². The van der Waals surface area contributed by atoms with Gasteiger partial charge in [0.05, 0.1) is 22.9 Å². The molecule has 3 rings (SSSR count). The lowest BCUT2D eigenvalue weighted by Gasteiger charge is -2.31. The van der Waals surface area contributed by atoms with Gasteiger partial charge in [-0.1, -0.05) is 34.4 Å². The maximum Gasteiger partial charge on any atom is 0.421 e. The molecular formula is C21H15BrCl2F4N2O4. The van der Waals surface area contributed by atoms with Gasteiger partial charge in [-0.05, 0) is 58.2 Å². The smallest absolute Gasteiger partial charge is 0.376 e. The Morgan fingerprint density at radius 2 is 1.85 bits per heavy atom. The molecule has 6 nitrogen and oxygen atoms in total. The predicted molar refractivity (Wildman–Crippen MR) is 120 cm³/mol. The van der Waals surface area contributed by atoms with Gasteiger partial charge in [-0.25, -0.2) is 4.39 Å². The number of alkyl halides is 3. The van der Waals surface area contributed by atoms with Crippen LogP contribution < -0.4 is 5.32 Å². The molecule has 34 heavy (non-hydrogen) atoms. The van der Waals surface area contributed by atoms with Crippen molar-refractivity contribution in [1.82, 2.24) is 5.32 Å². The first kappa shape index (κ1) is 26.4. The van der Waals surface area contributed by atoms with E-state index < -0.39 is 57.5 Å². The van der Waals surface area contributed by atoms with Crippen molar-refractivity contribution in [1.29, 1.82) is 0 Å². The van der Waals surface area contributed by atoms with Crippen LogP contribution >= 0.6 is 39.1 Å². The molecule has 0 radical (unpaired) electrons. The topological polar surface area (TPSA) is 88.0 Å². The number of nitrogens with one attached hydrogen (secondary N) is 1. The number of nitrogens with zero attached hydrogens (tertiary/aromatic N) is 1. The van der Waals surface area contributed by atoms with Crippen LogP contribution in [0.2, 0.25) is 10.0 Å². The number of ketones is 1. The zero-order chi connectivity index (χ0) is 25.4. The average molecular weight is 586 g/mol. The number of amides is 1. The van der Waals surface area contributed by atoms with Crippen LogP contribution in [-0.4, -0.2) is 33.8 Å². The summed E-state index contributed by atoms with van der Waals surface area (Å²) in [4.78, 5) is 30.2. The maximum atomic E-state index is 13.8. The van der Waals surface area contributed by atoms with E-state index in [9.17, 15) is 32.3 Å². The highest BCUT2D eigenvalue weighted by molar-refractivity contribution is 9.18. The first-order valence-electron chi connectivity index (χ1n) is 9.50. The molecule has 0 aromatic heterocycles. The van der Waals surface area contributed by atoms with Crippen molar-refractivity contribution >= 4 is 55.4 Å². The van der Waals surface area contributed by atoms with Gasteiger partial charge in [-0.15, -0.1) is 0 Å². The fraction of sp³-hybridized carbons (Fsp3) is 0.286. The molecule has 0 fully saturated rings. The minimum absolute atomic E-state index is 0.159. The largest absolute Gasteiger partial charge is 0.421 e. The van der Waals surface area contributed by atoms with E-state index in [-0.39, 0.29) is 11.1 Å². The molecule has 1 amide bonds. The van der Waals surface area contributed by atoms with E-state index >= 15 is 0 Å². The Balaban J connectivity index is 1.85. The monoisotopic (exact) mass is 584 g/mol. The molecule has 13 heteroatoms. The average Bonchev–Trinajstić information content (AvgIpc) is 3.14. The summed E-state index contributed by atoms with van der Waals surface area (Å²) in [7, 11) is 0. The van der Waals surface area contributed by atoms with E-state index in [0.29, 0.717) is 28.7 Å².